The van der Waals surface area contributed by atoms with E-state index in [2.05, 4.69) is 25.7 Å². The molecule has 0 saturated carbocycles. The van der Waals surface area contributed by atoms with Crippen LogP contribution in [0, 0.1) is 0 Å². The summed E-state index contributed by atoms with van der Waals surface area (Å²) in [5, 5.41) is 14.0. The topological polar surface area (TPSA) is 115 Å². The first kappa shape index (κ1) is 15.9. The Morgan fingerprint density at radius 1 is 1.27 bits per heavy atom. The van der Waals surface area contributed by atoms with E-state index in [1.807, 2.05) is 29.9 Å². The van der Waals surface area contributed by atoms with E-state index in [0.29, 0.717) is 17.0 Å². The van der Waals surface area contributed by atoms with E-state index in [9.17, 15) is 9.59 Å². The molecule has 2 aromatic heterocycles. The Morgan fingerprint density at radius 3 is 2.92 bits per heavy atom. The van der Waals surface area contributed by atoms with Gasteiger partial charge in [0.25, 0.3) is 11.8 Å². The van der Waals surface area contributed by atoms with Crippen LogP contribution in [0.25, 0.3) is 11.5 Å². The van der Waals surface area contributed by atoms with Crippen molar-refractivity contribution in [2.75, 3.05) is 0 Å². The van der Waals surface area contributed by atoms with Crippen molar-refractivity contribution in [1.82, 2.24) is 20.0 Å². The lowest BCUT2D eigenvalue weighted by molar-refractivity contribution is -0.122. The summed E-state index contributed by atoms with van der Waals surface area (Å²) in [5.74, 6) is -0.136. The zero-order chi connectivity index (χ0) is 18.1. The highest BCUT2D eigenvalue weighted by atomic mass is 16.5. The molecule has 0 saturated heterocycles. The van der Waals surface area contributed by atoms with Crippen molar-refractivity contribution < 1.29 is 14.1 Å². The van der Waals surface area contributed by atoms with Crippen molar-refractivity contribution in [3.63, 3.8) is 0 Å². The largest absolute Gasteiger partial charge is 0.348 e. The van der Waals surface area contributed by atoms with E-state index in [-0.39, 0.29) is 12.4 Å². The fourth-order valence-corrected chi connectivity index (χ4v) is 2.73. The van der Waals surface area contributed by atoms with Crippen LogP contribution in [0.3, 0.4) is 0 Å². The molecule has 1 unspecified atom stereocenters. The van der Waals surface area contributed by atoms with Gasteiger partial charge >= 0.3 is 0 Å². The predicted molar refractivity (Wildman–Crippen MR) is 88.9 cm³/mol. The summed E-state index contributed by atoms with van der Waals surface area (Å²) in [6, 6.07) is 9.65. The maximum Gasteiger partial charge on any atom is 0.295 e. The fraction of sp³-hybridized carbons (Fsp3) is 0.176. The van der Waals surface area contributed by atoms with Crippen molar-refractivity contribution in [1.29, 1.82) is 0 Å². The molecule has 26 heavy (non-hydrogen) atoms. The average molecular weight is 350 g/mol. The van der Waals surface area contributed by atoms with Crippen molar-refractivity contribution in [2.45, 2.75) is 12.6 Å². The number of nitrogens with zero attached hydrogens (tertiary/aromatic N) is 5. The zero-order valence-electron chi connectivity index (χ0n) is 13.8. The molecule has 9 nitrogen and oxygen atoms in total. The van der Waals surface area contributed by atoms with Crippen LogP contribution in [0.2, 0.25) is 0 Å². The van der Waals surface area contributed by atoms with Crippen LogP contribution in [-0.2, 0) is 18.4 Å². The Labute approximate surface area is 147 Å². The number of carbonyl (C=O) groups excluding carboxylic acids is 2. The van der Waals surface area contributed by atoms with Crippen LogP contribution in [0.1, 0.15) is 27.9 Å². The van der Waals surface area contributed by atoms with Crippen LogP contribution < -0.4 is 5.32 Å². The van der Waals surface area contributed by atoms with Gasteiger partial charge in [-0.15, -0.1) is 5.11 Å². The van der Waals surface area contributed by atoms with Crippen molar-refractivity contribution in [3.8, 4) is 11.5 Å². The zero-order valence-corrected chi connectivity index (χ0v) is 13.8. The molecule has 4 rings (SSSR count). The summed E-state index contributed by atoms with van der Waals surface area (Å²) in [6.07, 6.45) is 1.87. The second-order valence-corrected chi connectivity index (χ2v) is 5.74. The van der Waals surface area contributed by atoms with E-state index in [1.165, 1.54) is 0 Å². The Bertz CT molecular complexity index is 1020. The number of hydrogen-bond donors (Lipinski definition) is 1. The molecule has 0 spiro atoms. The van der Waals surface area contributed by atoms with Crippen molar-refractivity contribution in [3.05, 3.63) is 59.6 Å². The van der Waals surface area contributed by atoms with Gasteiger partial charge < -0.3 is 14.4 Å². The van der Waals surface area contributed by atoms with Gasteiger partial charge in [-0.05, 0) is 18.2 Å². The third kappa shape index (κ3) is 2.79. The minimum atomic E-state index is -0.876. The smallest absolute Gasteiger partial charge is 0.295 e. The summed E-state index contributed by atoms with van der Waals surface area (Å²) in [7, 11) is 1.87. The summed E-state index contributed by atoms with van der Waals surface area (Å²) in [6.45, 7) is 0.0540. The molecule has 1 aromatic carbocycles. The molecule has 1 aliphatic heterocycles. The van der Waals surface area contributed by atoms with E-state index in [4.69, 9.17) is 4.52 Å². The first-order chi connectivity index (χ1) is 12.6. The molecule has 1 N–H and O–H groups in total. The number of aryl methyl sites for hydroxylation is 1. The summed E-state index contributed by atoms with van der Waals surface area (Å²) in [4.78, 5) is 28.5. The molecule has 2 amide bonds. The van der Waals surface area contributed by atoms with E-state index in [1.54, 1.807) is 24.3 Å². The lowest BCUT2D eigenvalue weighted by atomic mass is 9.98. The van der Waals surface area contributed by atoms with E-state index in [0.717, 1.165) is 5.69 Å². The number of carbonyl (C=O) groups is 2. The standard InChI is InChI=1S/C17H14N6O3/c1-23-8-4-7-12(23)15-19-13(26-22-15)9-18-17(25)14-10-5-2-3-6-11(10)16(24)21-20-14/h2-8,14H,9H2,1H3,(H,18,25). The van der Waals surface area contributed by atoms with Gasteiger partial charge in [-0.1, -0.05) is 23.4 Å². The SMILES string of the molecule is Cn1cccc1-c1noc(CNC(=O)C2N=NC(=O)c3ccccc32)n1. The number of hydrogen-bond acceptors (Lipinski definition) is 6. The first-order valence-corrected chi connectivity index (χ1v) is 7.89. The van der Waals surface area contributed by atoms with Crippen LogP contribution in [0.4, 0.5) is 0 Å². The molecule has 3 aromatic rings. The van der Waals surface area contributed by atoms with Crippen LogP contribution in [0.5, 0.6) is 0 Å². The summed E-state index contributed by atoms with van der Waals surface area (Å²) >= 11 is 0. The van der Waals surface area contributed by atoms with Crippen molar-refractivity contribution >= 4 is 11.8 Å². The Balaban J connectivity index is 1.47. The molecular formula is C17H14N6O3. The fourth-order valence-electron chi connectivity index (χ4n) is 2.73. The number of nitrogens with one attached hydrogen (secondary N) is 1. The number of aromatic nitrogens is 3. The number of amides is 2. The second-order valence-electron chi connectivity index (χ2n) is 5.74. The van der Waals surface area contributed by atoms with Gasteiger partial charge in [0.2, 0.25) is 11.7 Å². The monoisotopic (exact) mass is 350 g/mol. The minimum absolute atomic E-state index is 0.0540. The molecule has 0 radical (unpaired) electrons. The summed E-state index contributed by atoms with van der Waals surface area (Å²) < 4.78 is 7.04. The van der Waals surface area contributed by atoms with Crippen LogP contribution in [-0.4, -0.2) is 26.5 Å². The van der Waals surface area contributed by atoms with Gasteiger partial charge in [0.1, 0.15) is 0 Å². The molecule has 0 fully saturated rings. The third-order valence-corrected chi connectivity index (χ3v) is 4.05. The Morgan fingerprint density at radius 2 is 2.12 bits per heavy atom. The molecular weight excluding hydrogens is 336 g/mol. The van der Waals surface area contributed by atoms with Crippen LogP contribution >= 0.6 is 0 Å². The maximum absolute atomic E-state index is 12.5. The Hall–Kier alpha value is -3.62. The highest BCUT2D eigenvalue weighted by Crippen LogP contribution is 2.27. The predicted octanol–water partition coefficient (Wildman–Crippen LogP) is 2.04. The number of fused-ring (bicyclic) bond motifs is 1. The highest BCUT2D eigenvalue weighted by molar-refractivity contribution is 5.99. The van der Waals surface area contributed by atoms with Crippen molar-refractivity contribution in [2.24, 2.45) is 17.3 Å². The van der Waals surface area contributed by atoms with Gasteiger partial charge in [-0.3, -0.25) is 9.59 Å². The Kier molecular flexibility index (Phi) is 3.88. The maximum atomic E-state index is 12.5. The van der Waals surface area contributed by atoms with E-state index < -0.39 is 17.9 Å². The lowest BCUT2D eigenvalue weighted by Gasteiger charge is -2.16. The molecule has 0 aliphatic carbocycles. The number of azo groups is 1. The molecule has 1 atom stereocenters. The molecule has 130 valence electrons. The molecule has 3 heterocycles. The van der Waals surface area contributed by atoms with Gasteiger partial charge in [0.05, 0.1) is 12.2 Å². The van der Waals surface area contributed by atoms with Gasteiger partial charge in [-0.25, -0.2) is 0 Å². The number of benzene rings is 1. The molecule has 0 bridgehead atoms. The number of rotatable bonds is 4. The normalized spacial score (nSPS) is 15.7. The average Bonchev–Trinajstić information content (AvgIpc) is 3.29. The second kappa shape index (κ2) is 6.36. The first-order valence-electron chi connectivity index (χ1n) is 7.89. The summed E-state index contributed by atoms with van der Waals surface area (Å²) in [5.41, 5.74) is 1.71. The third-order valence-electron chi connectivity index (χ3n) is 4.05. The highest BCUT2D eigenvalue weighted by Gasteiger charge is 2.29. The molecule has 9 heteroatoms. The van der Waals surface area contributed by atoms with E-state index >= 15 is 0 Å². The van der Waals surface area contributed by atoms with Gasteiger partial charge in [-0.2, -0.15) is 10.1 Å². The quantitative estimate of drug-likeness (QED) is 0.773. The lowest BCUT2D eigenvalue weighted by Crippen LogP contribution is -2.30. The molecule has 1 aliphatic rings. The minimum Gasteiger partial charge on any atom is -0.348 e. The van der Waals surface area contributed by atoms with Gasteiger partial charge in [0, 0.05) is 24.4 Å². The van der Waals surface area contributed by atoms with Crippen LogP contribution in [0.15, 0.2) is 57.3 Å². The van der Waals surface area contributed by atoms with Gasteiger partial charge in [0.15, 0.2) is 6.04 Å².